The van der Waals surface area contributed by atoms with Gasteiger partial charge in [-0.05, 0) is 31.5 Å². The van der Waals surface area contributed by atoms with Crippen LogP contribution in [0.4, 0.5) is 0 Å². The van der Waals surface area contributed by atoms with E-state index in [1.54, 1.807) is 7.11 Å². The van der Waals surface area contributed by atoms with Gasteiger partial charge in [-0.3, -0.25) is 0 Å². The molecule has 1 rings (SSSR count). The van der Waals surface area contributed by atoms with Crippen LogP contribution in [-0.4, -0.2) is 32.8 Å². The van der Waals surface area contributed by atoms with Gasteiger partial charge in [-0.15, -0.1) is 0 Å². The third-order valence-electron chi connectivity index (χ3n) is 2.86. The number of benzene rings is 1. The van der Waals surface area contributed by atoms with Crippen molar-refractivity contribution in [1.82, 2.24) is 10.6 Å². The molecule has 102 valence electrons. The van der Waals surface area contributed by atoms with Gasteiger partial charge in [-0.2, -0.15) is 0 Å². The van der Waals surface area contributed by atoms with Crippen molar-refractivity contribution in [2.24, 2.45) is 0 Å². The molecule has 2 N–H and O–H groups in total. The second kappa shape index (κ2) is 8.11. The molecule has 3 heteroatoms. The maximum absolute atomic E-state index is 5.37. The number of ether oxygens (including phenoxy) is 1. The van der Waals surface area contributed by atoms with Crippen LogP contribution in [0.1, 0.15) is 25.0 Å². The van der Waals surface area contributed by atoms with E-state index in [4.69, 9.17) is 4.74 Å². The van der Waals surface area contributed by atoms with Crippen LogP contribution >= 0.6 is 0 Å². The number of hydrogen-bond donors (Lipinski definition) is 2. The van der Waals surface area contributed by atoms with Gasteiger partial charge in [-0.1, -0.05) is 31.5 Å². The first-order chi connectivity index (χ1) is 8.63. The van der Waals surface area contributed by atoms with Gasteiger partial charge >= 0.3 is 0 Å². The molecule has 0 spiro atoms. The summed E-state index contributed by atoms with van der Waals surface area (Å²) in [6.07, 6.45) is 1.01. The minimum atomic E-state index is 0.559. The van der Waals surface area contributed by atoms with Gasteiger partial charge in [-0.25, -0.2) is 0 Å². The van der Waals surface area contributed by atoms with Gasteiger partial charge in [0.25, 0.3) is 0 Å². The van der Waals surface area contributed by atoms with E-state index in [0.29, 0.717) is 6.04 Å². The Balaban J connectivity index is 2.28. The lowest BCUT2D eigenvalue weighted by Crippen LogP contribution is -2.32. The van der Waals surface area contributed by atoms with Crippen LogP contribution in [-0.2, 0) is 6.42 Å². The molecule has 3 nitrogen and oxygen atoms in total. The Morgan fingerprint density at radius 2 is 1.94 bits per heavy atom. The molecule has 0 fully saturated rings. The maximum Gasteiger partial charge on any atom is 0.122 e. The van der Waals surface area contributed by atoms with Gasteiger partial charge in [0.2, 0.25) is 0 Å². The number of aryl methyl sites for hydroxylation is 1. The predicted octanol–water partition coefficient (Wildman–Crippen LogP) is 2.13. The minimum Gasteiger partial charge on any atom is -0.496 e. The summed E-state index contributed by atoms with van der Waals surface area (Å²) in [5.41, 5.74) is 2.56. The lowest BCUT2D eigenvalue weighted by atomic mass is 10.1. The summed E-state index contributed by atoms with van der Waals surface area (Å²) in [6, 6.07) is 6.89. The molecule has 0 radical (unpaired) electrons. The second-order valence-electron chi connectivity index (χ2n) is 4.92. The lowest BCUT2D eigenvalue weighted by Gasteiger charge is -2.11. The number of hydrogen-bond acceptors (Lipinski definition) is 3. The van der Waals surface area contributed by atoms with Crippen molar-refractivity contribution < 1.29 is 4.74 Å². The Kier molecular flexibility index (Phi) is 6.76. The maximum atomic E-state index is 5.37. The first-order valence-electron chi connectivity index (χ1n) is 6.71. The van der Waals surface area contributed by atoms with Gasteiger partial charge < -0.3 is 15.4 Å². The molecule has 0 saturated carbocycles. The number of methoxy groups -OCH3 is 1. The molecule has 0 aliphatic heterocycles. The average molecular weight is 250 g/mol. The van der Waals surface area contributed by atoms with Crippen LogP contribution in [0.2, 0.25) is 0 Å². The molecule has 0 aromatic heterocycles. The predicted molar refractivity (Wildman–Crippen MR) is 77.4 cm³/mol. The van der Waals surface area contributed by atoms with Gasteiger partial charge in [0.1, 0.15) is 5.75 Å². The van der Waals surface area contributed by atoms with Crippen molar-refractivity contribution in [3.63, 3.8) is 0 Å². The molecule has 0 amide bonds. The Morgan fingerprint density at radius 3 is 2.61 bits per heavy atom. The lowest BCUT2D eigenvalue weighted by molar-refractivity contribution is 0.409. The van der Waals surface area contributed by atoms with Crippen molar-refractivity contribution >= 4 is 0 Å². The Hall–Kier alpha value is -1.06. The van der Waals surface area contributed by atoms with E-state index in [2.05, 4.69) is 43.5 Å². The average Bonchev–Trinajstić information content (AvgIpc) is 2.33. The molecule has 0 atom stereocenters. The molecule has 0 aliphatic carbocycles. The van der Waals surface area contributed by atoms with E-state index in [0.717, 1.165) is 31.8 Å². The number of nitrogens with one attached hydrogen (secondary N) is 2. The molecule has 0 bridgehead atoms. The fraction of sp³-hybridized carbons (Fsp3) is 0.600. The highest BCUT2D eigenvalue weighted by Crippen LogP contribution is 2.19. The first-order valence-corrected chi connectivity index (χ1v) is 6.71. The highest BCUT2D eigenvalue weighted by Gasteiger charge is 2.02. The molecular formula is C15H26N2O. The summed E-state index contributed by atoms with van der Waals surface area (Å²) < 4.78 is 5.37. The van der Waals surface area contributed by atoms with E-state index in [9.17, 15) is 0 Å². The third-order valence-corrected chi connectivity index (χ3v) is 2.86. The van der Waals surface area contributed by atoms with Crippen molar-refractivity contribution in [2.45, 2.75) is 33.2 Å². The third kappa shape index (κ3) is 5.52. The monoisotopic (exact) mass is 250 g/mol. The molecule has 0 saturated heterocycles. The van der Waals surface area contributed by atoms with Crippen molar-refractivity contribution in [1.29, 1.82) is 0 Å². The van der Waals surface area contributed by atoms with Crippen LogP contribution in [0.15, 0.2) is 18.2 Å². The Morgan fingerprint density at radius 1 is 1.17 bits per heavy atom. The SMILES string of the molecule is COc1ccc(C)cc1CCNCCNC(C)C. The van der Waals surface area contributed by atoms with Crippen LogP contribution in [0, 0.1) is 6.92 Å². The largest absolute Gasteiger partial charge is 0.496 e. The molecule has 0 unspecified atom stereocenters. The summed E-state index contributed by atoms with van der Waals surface area (Å²) in [4.78, 5) is 0. The van der Waals surface area contributed by atoms with Crippen LogP contribution < -0.4 is 15.4 Å². The first kappa shape index (κ1) is 15.0. The fourth-order valence-electron chi connectivity index (χ4n) is 1.90. The van der Waals surface area contributed by atoms with Gasteiger partial charge in [0.15, 0.2) is 0 Å². The van der Waals surface area contributed by atoms with Crippen molar-refractivity contribution in [3.05, 3.63) is 29.3 Å². The summed E-state index contributed by atoms with van der Waals surface area (Å²) in [5.74, 6) is 0.989. The summed E-state index contributed by atoms with van der Waals surface area (Å²) in [5, 5.41) is 6.83. The van der Waals surface area contributed by atoms with Crippen molar-refractivity contribution in [2.75, 3.05) is 26.7 Å². The van der Waals surface area contributed by atoms with Gasteiger partial charge in [0.05, 0.1) is 7.11 Å². The molecule has 18 heavy (non-hydrogen) atoms. The molecule has 1 aromatic rings. The van der Waals surface area contributed by atoms with Crippen molar-refractivity contribution in [3.8, 4) is 5.75 Å². The zero-order chi connectivity index (χ0) is 13.4. The Labute approximate surface area is 111 Å². The quantitative estimate of drug-likeness (QED) is 0.694. The van der Waals surface area contributed by atoms with E-state index in [1.807, 2.05) is 6.07 Å². The van der Waals surface area contributed by atoms with Crippen LogP contribution in [0.3, 0.4) is 0 Å². The molecular weight excluding hydrogens is 224 g/mol. The number of rotatable bonds is 8. The normalized spacial score (nSPS) is 10.9. The fourth-order valence-corrected chi connectivity index (χ4v) is 1.90. The molecule has 0 heterocycles. The Bertz CT molecular complexity index is 350. The molecule has 1 aromatic carbocycles. The van der Waals surface area contributed by atoms with E-state index >= 15 is 0 Å². The van der Waals surface area contributed by atoms with E-state index in [-0.39, 0.29) is 0 Å². The summed E-state index contributed by atoms with van der Waals surface area (Å²) >= 11 is 0. The zero-order valence-electron chi connectivity index (χ0n) is 12.0. The summed E-state index contributed by atoms with van der Waals surface area (Å²) in [6.45, 7) is 9.45. The van der Waals surface area contributed by atoms with E-state index in [1.165, 1.54) is 11.1 Å². The highest BCUT2D eigenvalue weighted by molar-refractivity contribution is 5.37. The minimum absolute atomic E-state index is 0.559. The standard InChI is InChI=1S/C15H26N2O/c1-12(2)17-10-9-16-8-7-14-11-13(3)5-6-15(14)18-4/h5-6,11-12,16-17H,7-10H2,1-4H3. The van der Waals surface area contributed by atoms with E-state index < -0.39 is 0 Å². The molecule has 0 aliphatic rings. The second-order valence-corrected chi connectivity index (χ2v) is 4.92. The van der Waals surface area contributed by atoms with Crippen LogP contribution in [0.5, 0.6) is 5.75 Å². The summed E-state index contributed by atoms with van der Waals surface area (Å²) in [7, 11) is 1.73. The van der Waals surface area contributed by atoms with Gasteiger partial charge in [0, 0.05) is 19.1 Å². The van der Waals surface area contributed by atoms with Crippen LogP contribution in [0.25, 0.3) is 0 Å². The topological polar surface area (TPSA) is 33.3 Å². The zero-order valence-corrected chi connectivity index (χ0v) is 12.0. The smallest absolute Gasteiger partial charge is 0.122 e. The highest BCUT2D eigenvalue weighted by atomic mass is 16.5.